The van der Waals surface area contributed by atoms with Crippen molar-refractivity contribution >= 4 is 5.91 Å². The van der Waals surface area contributed by atoms with E-state index < -0.39 is 5.91 Å². The van der Waals surface area contributed by atoms with Gasteiger partial charge in [-0.3, -0.25) is 15.0 Å². The van der Waals surface area contributed by atoms with E-state index in [4.69, 9.17) is 9.94 Å². The van der Waals surface area contributed by atoms with Crippen LogP contribution in [0.15, 0.2) is 18.3 Å². The number of nitrogens with zero attached hydrogens (tertiary/aromatic N) is 1. The molecule has 5 heteroatoms. The molecular formula is C14H22N2O3. The second-order valence-electron chi connectivity index (χ2n) is 4.51. The molecule has 106 valence electrons. The van der Waals surface area contributed by atoms with Crippen LogP contribution in [-0.4, -0.2) is 29.8 Å². The molecule has 1 unspecified atom stereocenters. The average molecular weight is 266 g/mol. The van der Waals surface area contributed by atoms with Crippen LogP contribution in [0.25, 0.3) is 0 Å². The van der Waals surface area contributed by atoms with Crippen LogP contribution >= 0.6 is 0 Å². The van der Waals surface area contributed by atoms with Crippen molar-refractivity contribution < 1.29 is 14.7 Å². The van der Waals surface area contributed by atoms with Gasteiger partial charge in [0.05, 0.1) is 5.56 Å². The second kappa shape index (κ2) is 8.61. The molecule has 1 atom stereocenters. The van der Waals surface area contributed by atoms with Crippen LogP contribution in [0, 0.1) is 0 Å². The summed E-state index contributed by atoms with van der Waals surface area (Å²) in [6, 6.07) is 3.54. The molecule has 0 aliphatic rings. The Labute approximate surface area is 114 Å². The third-order valence-electron chi connectivity index (χ3n) is 3.21. The Hall–Kier alpha value is -1.46. The molecule has 0 saturated heterocycles. The number of carbonyl (C=O) groups excluding carboxylic acids is 1. The molecule has 0 aliphatic heterocycles. The van der Waals surface area contributed by atoms with Crippen molar-refractivity contribution in [2.24, 2.45) is 0 Å². The molecule has 0 saturated carbocycles. The zero-order valence-corrected chi connectivity index (χ0v) is 11.6. The summed E-state index contributed by atoms with van der Waals surface area (Å²) in [5.74, 6) is -0.129. The van der Waals surface area contributed by atoms with Gasteiger partial charge in [-0.25, -0.2) is 5.48 Å². The van der Waals surface area contributed by atoms with Crippen molar-refractivity contribution in [1.29, 1.82) is 0 Å². The standard InChI is InChI=1S/C14H22N2O3/c1-3-11(6-4-5-9-19-2)13-8-7-12(10-15-13)14(17)16-18/h7-8,10-11,18H,3-6,9H2,1-2H3,(H,16,17). The van der Waals surface area contributed by atoms with Gasteiger partial charge in [-0.15, -0.1) is 0 Å². The van der Waals surface area contributed by atoms with E-state index in [0.717, 1.165) is 38.0 Å². The van der Waals surface area contributed by atoms with Gasteiger partial charge in [0.2, 0.25) is 0 Å². The molecule has 19 heavy (non-hydrogen) atoms. The monoisotopic (exact) mass is 266 g/mol. The lowest BCUT2D eigenvalue weighted by molar-refractivity contribution is 0.0706. The zero-order chi connectivity index (χ0) is 14.1. The average Bonchev–Trinajstić information content (AvgIpc) is 2.47. The number of nitrogens with one attached hydrogen (secondary N) is 1. The zero-order valence-electron chi connectivity index (χ0n) is 11.6. The van der Waals surface area contributed by atoms with E-state index in [9.17, 15) is 4.79 Å². The number of ether oxygens (including phenoxy) is 1. The molecule has 1 heterocycles. The Morgan fingerprint density at radius 3 is 2.79 bits per heavy atom. The number of amides is 1. The van der Waals surface area contributed by atoms with Crippen molar-refractivity contribution in [2.75, 3.05) is 13.7 Å². The highest BCUT2D eigenvalue weighted by molar-refractivity contribution is 5.92. The predicted molar refractivity (Wildman–Crippen MR) is 72.2 cm³/mol. The van der Waals surface area contributed by atoms with Crippen molar-refractivity contribution in [1.82, 2.24) is 10.5 Å². The molecule has 0 bridgehead atoms. The first-order chi connectivity index (χ1) is 9.22. The molecule has 0 spiro atoms. The van der Waals surface area contributed by atoms with Gasteiger partial charge in [-0.2, -0.15) is 0 Å². The number of unbranched alkanes of at least 4 members (excludes halogenated alkanes) is 1. The molecular weight excluding hydrogens is 244 g/mol. The van der Waals surface area contributed by atoms with Crippen LogP contribution < -0.4 is 5.48 Å². The Morgan fingerprint density at radius 1 is 1.47 bits per heavy atom. The molecule has 0 aliphatic carbocycles. The summed E-state index contributed by atoms with van der Waals surface area (Å²) in [7, 11) is 1.71. The van der Waals surface area contributed by atoms with E-state index in [-0.39, 0.29) is 0 Å². The molecule has 5 nitrogen and oxygen atoms in total. The maximum Gasteiger partial charge on any atom is 0.276 e. The lowest BCUT2D eigenvalue weighted by Gasteiger charge is -2.14. The third-order valence-corrected chi connectivity index (χ3v) is 3.21. The topological polar surface area (TPSA) is 71.5 Å². The molecule has 1 aromatic heterocycles. The normalized spacial score (nSPS) is 12.2. The van der Waals surface area contributed by atoms with Gasteiger partial charge in [-0.05, 0) is 31.4 Å². The van der Waals surface area contributed by atoms with Crippen LogP contribution in [0.4, 0.5) is 0 Å². The number of hydrogen-bond acceptors (Lipinski definition) is 4. The first kappa shape index (κ1) is 15.6. The van der Waals surface area contributed by atoms with Crippen molar-refractivity contribution in [3.63, 3.8) is 0 Å². The summed E-state index contributed by atoms with van der Waals surface area (Å²) >= 11 is 0. The highest BCUT2D eigenvalue weighted by Gasteiger charge is 2.12. The summed E-state index contributed by atoms with van der Waals surface area (Å²) in [5.41, 5.74) is 2.96. The Morgan fingerprint density at radius 2 is 2.26 bits per heavy atom. The second-order valence-corrected chi connectivity index (χ2v) is 4.51. The number of pyridine rings is 1. The van der Waals surface area contributed by atoms with Gasteiger partial charge in [0.1, 0.15) is 0 Å². The SMILES string of the molecule is CCC(CCCCOC)c1ccc(C(=O)NO)cn1. The molecule has 1 aromatic rings. The van der Waals surface area contributed by atoms with Gasteiger partial charge in [-0.1, -0.05) is 13.3 Å². The van der Waals surface area contributed by atoms with E-state index in [2.05, 4.69) is 11.9 Å². The molecule has 0 aromatic carbocycles. The van der Waals surface area contributed by atoms with Crippen LogP contribution in [0.1, 0.15) is 54.6 Å². The quantitative estimate of drug-likeness (QED) is 0.431. The minimum absolute atomic E-state index is 0.362. The van der Waals surface area contributed by atoms with E-state index in [1.165, 1.54) is 6.20 Å². The summed E-state index contributed by atoms with van der Waals surface area (Å²) in [4.78, 5) is 15.5. The van der Waals surface area contributed by atoms with Gasteiger partial charge >= 0.3 is 0 Å². The molecule has 1 amide bonds. The smallest absolute Gasteiger partial charge is 0.276 e. The summed E-state index contributed by atoms with van der Waals surface area (Å²) < 4.78 is 5.03. The van der Waals surface area contributed by atoms with E-state index in [0.29, 0.717) is 11.5 Å². The van der Waals surface area contributed by atoms with Crippen LogP contribution in [0.3, 0.4) is 0 Å². The largest absolute Gasteiger partial charge is 0.385 e. The van der Waals surface area contributed by atoms with Gasteiger partial charge < -0.3 is 4.74 Å². The number of hydroxylamine groups is 1. The van der Waals surface area contributed by atoms with Crippen molar-refractivity contribution in [3.05, 3.63) is 29.6 Å². The summed E-state index contributed by atoms with van der Waals surface area (Å²) in [6.45, 7) is 2.93. The van der Waals surface area contributed by atoms with Gasteiger partial charge in [0, 0.05) is 31.5 Å². The predicted octanol–water partition coefficient (Wildman–Crippen LogP) is 2.51. The maximum absolute atomic E-state index is 11.2. The first-order valence-corrected chi connectivity index (χ1v) is 6.62. The van der Waals surface area contributed by atoms with Crippen molar-refractivity contribution in [3.8, 4) is 0 Å². The molecule has 1 rings (SSSR count). The van der Waals surface area contributed by atoms with E-state index in [1.54, 1.807) is 18.7 Å². The minimum atomic E-state index is -0.535. The molecule has 2 N–H and O–H groups in total. The number of aromatic nitrogens is 1. The number of carbonyl (C=O) groups is 1. The lowest BCUT2D eigenvalue weighted by Crippen LogP contribution is -2.18. The van der Waals surface area contributed by atoms with Gasteiger partial charge in [0.15, 0.2) is 0 Å². The van der Waals surface area contributed by atoms with E-state index >= 15 is 0 Å². The van der Waals surface area contributed by atoms with Crippen LogP contribution in [0.2, 0.25) is 0 Å². The van der Waals surface area contributed by atoms with Crippen LogP contribution in [-0.2, 0) is 4.74 Å². The minimum Gasteiger partial charge on any atom is -0.385 e. The fourth-order valence-electron chi connectivity index (χ4n) is 2.04. The number of rotatable bonds is 8. The number of hydrogen-bond donors (Lipinski definition) is 2. The number of methoxy groups -OCH3 is 1. The van der Waals surface area contributed by atoms with E-state index in [1.807, 2.05) is 6.07 Å². The fraction of sp³-hybridized carbons (Fsp3) is 0.571. The highest BCUT2D eigenvalue weighted by atomic mass is 16.5. The molecule has 0 fully saturated rings. The molecule has 0 radical (unpaired) electrons. The summed E-state index contributed by atoms with van der Waals surface area (Å²) in [5, 5.41) is 8.54. The maximum atomic E-state index is 11.2. The summed E-state index contributed by atoms with van der Waals surface area (Å²) in [6.07, 6.45) is 5.74. The van der Waals surface area contributed by atoms with Gasteiger partial charge in [0.25, 0.3) is 5.91 Å². The lowest BCUT2D eigenvalue weighted by atomic mass is 9.95. The Kier molecular flexibility index (Phi) is 7.07. The fourth-order valence-corrected chi connectivity index (χ4v) is 2.04. The highest BCUT2D eigenvalue weighted by Crippen LogP contribution is 2.23. The van der Waals surface area contributed by atoms with Crippen molar-refractivity contribution in [2.45, 2.75) is 38.5 Å². The Balaban J connectivity index is 2.58. The Bertz CT molecular complexity index is 379. The third kappa shape index (κ3) is 4.96. The van der Waals surface area contributed by atoms with Crippen LogP contribution in [0.5, 0.6) is 0 Å². The first-order valence-electron chi connectivity index (χ1n) is 6.62.